The van der Waals surface area contributed by atoms with Crippen molar-refractivity contribution in [2.75, 3.05) is 5.32 Å². The van der Waals surface area contributed by atoms with Gasteiger partial charge in [-0.25, -0.2) is 15.0 Å². The Kier molecular flexibility index (Phi) is 3.25. The van der Waals surface area contributed by atoms with Gasteiger partial charge in [0.1, 0.15) is 12.1 Å². The Morgan fingerprint density at radius 1 is 1.29 bits per heavy atom. The first-order valence-electron chi connectivity index (χ1n) is 5.00. The van der Waals surface area contributed by atoms with Crippen molar-refractivity contribution in [3.05, 3.63) is 48.2 Å². The summed E-state index contributed by atoms with van der Waals surface area (Å²) in [4.78, 5) is 22.8. The first-order valence-corrected chi connectivity index (χ1v) is 5.00. The van der Waals surface area contributed by atoms with Gasteiger partial charge in [-0.3, -0.25) is 4.79 Å². The minimum atomic E-state index is -0.486. The maximum absolute atomic E-state index is 10.8. The number of aromatic nitrogens is 3. The van der Waals surface area contributed by atoms with Gasteiger partial charge in [0, 0.05) is 12.4 Å². The van der Waals surface area contributed by atoms with E-state index in [9.17, 15) is 4.79 Å². The summed E-state index contributed by atoms with van der Waals surface area (Å²) in [5.41, 5.74) is 6.36. The fraction of sp³-hybridized carbons (Fsp3) is 0.0909. The topological polar surface area (TPSA) is 93.8 Å². The molecule has 0 radical (unpaired) electrons. The number of carbonyl (C=O) groups is 1. The predicted octanol–water partition coefficient (Wildman–Crippen LogP) is 0.583. The molecule has 0 fully saturated rings. The number of hydrogen-bond acceptors (Lipinski definition) is 5. The zero-order valence-corrected chi connectivity index (χ0v) is 9.00. The third-order valence-electron chi connectivity index (χ3n) is 2.14. The Labute approximate surface area is 97.9 Å². The molecule has 0 spiro atoms. The standard InChI is InChI=1S/C11H11N5O/c12-11(17)8-1-2-10(14-5-8)15-6-9-3-4-13-7-16-9/h1-5,7H,6H2,(H2,12,17)(H,14,15). The summed E-state index contributed by atoms with van der Waals surface area (Å²) in [6.45, 7) is 0.547. The van der Waals surface area contributed by atoms with E-state index in [4.69, 9.17) is 5.73 Å². The van der Waals surface area contributed by atoms with Crippen molar-refractivity contribution in [1.82, 2.24) is 15.0 Å². The van der Waals surface area contributed by atoms with Crippen LogP contribution in [0.1, 0.15) is 16.1 Å². The summed E-state index contributed by atoms with van der Waals surface area (Å²) in [5, 5.41) is 3.07. The van der Waals surface area contributed by atoms with Gasteiger partial charge in [0.25, 0.3) is 0 Å². The Morgan fingerprint density at radius 2 is 2.18 bits per heavy atom. The minimum Gasteiger partial charge on any atom is -0.366 e. The van der Waals surface area contributed by atoms with Gasteiger partial charge >= 0.3 is 0 Å². The zero-order chi connectivity index (χ0) is 12.1. The number of pyridine rings is 1. The van der Waals surface area contributed by atoms with Crippen molar-refractivity contribution in [3.63, 3.8) is 0 Å². The minimum absolute atomic E-state index is 0.387. The van der Waals surface area contributed by atoms with E-state index in [-0.39, 0.29) is 0 Å². The summed E-state index contributed by atoms with van der Waals surface area (Å²) in [7, 11) is 0. The molecule has 0 aliphatic carbocycles. The molecule has 0 aliphatic heterocycles. The normalized spacial score (nSPS) is 9.88. The van der Waals surface area contributed by atoms with Crippen molar-refractivity contribution in [1.29, 1.82) is 0 Å². The van der Waals surface area contributed by atoms with E-state index in [1.807, 2.05) is 6.07 Å². The second-order valence-corrected chi connectivity index (χ2v) is 3.35. The fourth-order valence-electron chi connectivity index (χ4n) is 1.25. The van der Waals surface area contributed by atoms with Crippen LogP contribution in [0.15, 0.2) is 36.9 Å². The average molecular weight is 229 g/mol. The first kappa shape index (κ1) is 11.0. The van der Waals surface area contributed by atoms with Gasteiger partial charge < -0.3 is 11.1 Å². The van der Waals surface area contributed by atoms with Crippen LogP contribution in [-0.4, -0.2) is 20.9 Å². The largest absolute Gasteiger partial charge is 0.366 e. The van der Waals surface area contributed by atoms with Gasteiger partial charge in [0.05, 0.1) is 17.8 Å². The third-order valence-corrected chi connectivity index (χ3v) is 2.14. The number of primary amides is 1. The molecule has 6 heteroatoms. The van der Waals surface area contributed by atoms with E-state index in [0.29, 0.717) is 17.9 Å². The lowest BCUT2D eigenvalue weighted by molar-refractivity contribution is 0.1000. The predicted molar refractivity (Wildman–Crippen MR) is 62.1 cm³/mol. The fourth-order valence-corrected chi connectivity index (χ4v) is 1.25. The van der Waals surface area contributed by atoms with E-state index < -0.39 is 5.91 Å². The Morgan fingerprint density at radius 3 is 2.76 bits per heavy atom. The second-order valence-electron chi connectivity index (χ2n) is 3.35. The molecular weight excluding hydrogens is 218 g/mol. The Balaban J connectivity index is 1.98. The van der Waals surface area contributed by atoms with Crippen molar-refractivity contribution in [2.24, 2.45) is 5.73 Å². The van der Waals surface area contributed by atoms with E-state index in [0.717, 1.165) is 5.69 Å². The van der Waals surface area contributed by atoms with Crippen LogP contribution in [0, 0.1) is 0 Å². The highest BCUT2D eigenvalue weighted by molar-refractivity contribution is 5.92. The number of nitrogens with zero attached hydrogens (tertiary/aromatic N) is 3. The quantitative estimate of drug-likeness (QED) is 0.799. The van der Waals surface area contributed by atoms with Crippen molar-refractivity contribution >= 4 is 11.7 Å². The number of carbonyl (C=O) groups excluding carboxylic acids is 1. The SMILES string of the molecule is NC(=O)c1ccc(NCc2ccncn2)nc1. The third kappa shape index (κ3) is 2.97. The maximum atomic E-state index is 10.8. The van der Waals surface area contributed by atoms with Crippen LogP contribution in [-0.2, 0) is 6.54 Å². The van der Waals surface area contributed by atoms with Crippen molar-refractivity contribution in [3.8, 4) is 0 Å². The van der Waals surface area contributed by atoms with E-state index >= 15 is 0 Å². The van der Waals surface area contributed by atoms with Crippen LogP contribution in [0.3, 0.4) is 0 Å². The van der Waals surface area contributed by atoms with Gasteiger partial charge in [0.2, 0.25) is 5.91 Å². The smallest absolute Gasteiger partial charge is 0.250 e. The van der Waals surface area contributed by atoms with Crippen LogP contribution in [0.2, 0.25) is 0 Å². The highest BCUT2D eigenvalue weighted by Gasteiger charge is 2.00. The molecule has 2 aromatic rings. The van der Waals surface area contributed by atoms with E-state index in [1.54, 1.807) is 18.3 Å². The molecule has 0 atom stereocenters. The van der Waals surface area contributed by atoms with Crippen LogP contribution < -0.4 is 11.1 Å². The van der Waals surface area contributed by atoms with Gasteiger partial charge in [-0.05, 0) is 18.2 Å². The van der Waals surface area contributed by atoms with Crippen molar-refractivity contribution < 1.29 is 4.79 Å². The molecule has 2 heterocycles. The van der Waals surface area contributed by atoms with Gasteiger partial charge in [-0.1, -0.05) is 0 Å². The van der Waals surface area contributed by atoms with Crippen LogP contribution >= 0.6 is 0 Å². The molecule has 1 amide bonds. The molecule has 0 unspecified atom stereocenters. The molecule has 0 bridgehead atoms. The highest BCUT2D eigenvalue weighted by atomic mass is 16.1. The maximum Gasteiger partial charge on any atom is 0.250 e. The van der Waals surface area contributed by atoms with Crippen LogP contribution in [0.5, 0.6) is 0 Å². The van der Waals surface area contributed by atoms with Crippen molar-refractivity contribution in [2.45, 2.75) is 6.54 Å². The molecule has 86 valence electrons. The van der Waals surface area contributed by atoms with Gasteiger partial charge in [0.15, 0.2) is 0 Å². The summed E-state index contributed by atoms with van der Waals surface area (Å²) < 4.78 is 0. The molecular formula is C11H11N5O. The van der Waals surface area contributed by atoms with Crippen LogP contribution in [0.25, 0.3) is 0 Å². The van der Waals surface area contributed by atoms with E-state index in [1.165, 1.54) is 12.5 Å². The highest BCUT2D eigenvalue weighted by Crippen LogP contribution is 2.05. The molecule has 17 heavy (non-hydrogen) atoms. The molecule has 0 saturated heterocycles. The molecule has 6 nitrogen and oxygen atoms in total. The lowest BCUT2D eigenvalue weighted by atomic mass is 10.3. The zero-order valence-electron chi connectivity index (χ0n) is 9.00. The number of amides is 1. The van der Waals surface area contributed by atoms with Crippen LogP contribution in [0.4, 0.5) is 5.82 Å². The summed E-state index contributed by atoms with van der Waals surface area (Å²) in [6, 6.07) is 5.13. The number of nitrogens with one attached hydrogen (secondary N) is 1. The molecule has 0 aromatic carbocycles. The number of hydrogen-bond donors (Lipinski definition) is 2. The lowest BCUT2D eigenvalue weighted by Crippen LogP contribution is -2.11. The van der Waals surface area contributed by atoms with Gasteiger partial charge in [-0.15, -0.1) is 0 Å². The lowest BCUT2D eigenvalue weighted by Gasteiger charge is -2.04. The molecule has 0 saturated carbocycles. The Bertz CT molecular complexity index is 497. The van der Waals surface area contributed by atoms with E-state index in [2.05, 4.69) is 20.3 Å². The first-order chi connectivity index (χ1) is 8.25. The molecule has 3 N–H and O–H groups in total. The van der Waals surface area contributed by atoms with Gasteiger partial charge in [-0.2, -0.15) is 0 Å². The molecule has 0 aliphatic rings. The number of nitrogens with two attached hydrogens (primary N) is 1. The average Bonchev–Trinajstić information content (AvgIpc) is 2.38. The summed E-state index contributed by atoms with van der Waals surface area (Å²) >= 11 is 0. The molecule has 2 rings (SSSR count). The molecule has 2 aromatic heterocycles. The summed E-state index contributed by atoms with van der Waals surface area (Å²) in [6.07, 6.45) is 4.60. The second kappa shape index (κ2) is 5.02. The monoisotopic (exact) mass is 229 g/mol. The number of anilines is 1. The Hall–Kier alpha value is -2.50. The number of rotatable bonds is 4. The summed E-state index contributed by atoms with van der Waals surface area (Å²) in [5.74, 6) is 0.175.